The van der Waals surface area contributed by atoms with Crippen molar-refractivity contribution in [3.05, 3.63) is 34.7 Å². The molecule has 1 heterocycles. The lowest BCUT2D eigenvalue weighted by molar-refractivity contribution is -0.115. The van der Waals surface area contributed by atoms with Gasteiger partial charge in [0.25, 0.3) is 0 Å². The van der Waals surface area contributed by atoms with Crippen LogP contribution in [0.3, 0.4) is 0 Å². The molecule has 0 unspecified atom stereocenters. The monoisotopic (exact) mass is 363 g/mol. The van der Waals surface area contributed by atoms with Gasteiger partial charge in [-0.15, -0.1) is 5.10 Å². The van der Waals surface area contributed by atoms with Crippen LogP contribution in [0.15, 0.2) is 34.2 Å². The third-order valence-corrected chi connectivity index (χ3v) is 4.38. The summed E-state index contributed by atoms with van der Waals surface area (Å²) >= 11 is 1.22. The fourth-order valence-corrected chi connectivity index (χ4v) is 2.99. The lowest BCUT2D eigenvalue weighted by Gasteiger charge is -2.12. The Labute approximate surface area is 149 Å². The molecule has 1 atom stereocenters. The summed E-state index contributed by atoms with van der Waals surface area (Å²) in [6.07, 6.45) is 0.800. The minimum Gasteiger partial charge on any atom is -0.326 e. The lowest BCUT2D eigenvalue weighted by atomic mass is 10.2. The van der Waals surface area contributed by atoms with Gasteiger partial charge in [0.1, 0.15) is 0 Å². The lowest BCUT2D eigenvalue weighted by Crippen LogP contribution is -2.24. The molecular weight excluding hydrogens is 342 g/mol. The maximum Gasteiger partial charge on any atom is 0.343 e. The van der Waals surface area contributed by atoms with E-state index >= 15 is 0 Å². The topological polar surface area (TPSA) is 109 Å². The number of hydrogen-bond acceptors (Lipinski definition) is 5. The Morgan fingerprint density at radius 3 is 2.40 bits per heavy atom. The Morgan fingerprint density at radius 2 is 1.84 bits per heavy atom. The van der Waals surface area contributed by atoms with E-state index in [2.05, 4.69) is 20.8 Å². The van der Waals surface area contributed by atoms with E-state index in [0.29, 0.717) is 23.1 Å². The largest absolute Gasteiger partial charge is 0.343 e. The Morgan fingerprint density at radius 1 is 1.24 bits per heavy atom. The Kier molecular flexibility index (Phi) is 6.40. The van der Waals surface area contributed by atoms with E-state index in [9.17, 15) is 14.4 Å². The van der Waals surface area contributed by atoms with Crippen LogP contribution in [0.2, 0.25) is 0 Å². The summed E-state index contributed by atoms with van der Waals surface area (Å²) in [5.74, 6) is -0.352. The SMILES string of the molecule is CCCn1c(S[C@H](C)C(=O)Nc2ccc(NC(C)=O)cc2)n[nH]c1=O. The van der Waals surface area contributed by atoms with Crippen molar-refractivity contribution in [2.24, 2.45) is 0 Å². The zero-order valence-electron chi connectivity index (χ0n) is 14.3. The van der Waals surface area contributed by atoms with E-state index in [0.717, 1.165) is 6.42 Å². The van der Waals surface area contributed by atoms with Crippen LogP contribution in [0.5, 0.6) is 0 Å². The van der Waals surface area contributed by atoms with Crippen LogP contribution >= 0.6 is 11.8 Å². The number of carbonyl (C=O) groups is 2. The van der Waals surface area contributed by atoms with Crippen LogP contribution in [-0.2, 0) is 16.1 Å². The van der Waals surface area contributed by atoms with Gasteiger partial charge in [0.2, 0.25) is 11.8 Å². The minimum atomic E-state index is -0.430. The zero-order chi connectivity index (χ0) is 18.4. The maximum absolute atomic E-state index is 12.3. The first-order valence-electron chi connectivity index (χ1n) is 7.91. The van der Waals surface area contributed by atoms with Crippen molar-refractivity contribution in [3.63, 3.8) is 0 Å². The molecule has 9 heteroatoms. The highest BCUT2D eigenvalue weighted by Gasteiger charge is 2.19. The number of aromatic nitrogens is 3. The number of thioether (sulfide) groups is 1. The first-order valence-corrected chi connectivity index (χ1v) is 8.79. The van der Waals surface area contributed by atoms with Crippen molar-refractivity contribution >= 4 is 35.0 Å². The molecule has 0 aliphatic heterocycles. The number of nitrogens with one attached hydrogen (secondary N) is 3. The van der Waals surface area contributed by atoms with Gasteiger partial charge in [-0.3, -0.25) is 14.2 Å². The number of anilines is 2. The molecule has 2 amide bonds. The quantitative estimate of drug-likeness (QED) is 0.653. The standard InChI is InChI=1S/C16H21N5O3S/c1-4-9-21-15(24)19-20-16(21)25-10(2)14(23)18-13-7-5-12(6-8-13)17-11(3)22/h5-8,10H,4,9H2,1-3H3,(H,17,22)(H,18,23)(H,19,24)/t10-/m1/s1. The van der Waals surface area contributed by atoms with Gasteiger partial charge in [0.05, 0.1) is 5.25 Å². The smallest absolute Gasteiger partial charge is 0.326 e. The summed E-state index contributed by atoms with van der Waals surface area (Å²) < 4.78 is 1.52. The van der Waals surface area contributed by atoms with E-state index in [-0.39, 0.29) is 17.5 Å². The van der Waals surface area contributed by atoms with Crippen molar-refractivity contribution in [2.45, 2.75) is 44.1 Å². The average Bonchev–Trinajstić information content (AvgIpc) is 2.90. The van der Waals surface area contributed by atoms with E-state index in [1.807, 2.05) is 6.92 Å². The van der Waals surface area contributed by atoms with Crippen molar-refractivity contribution < 1.29 is 9.59 Å². The van der Waals surface area contributed by atoms with E-state index < -0.39 is 5.25 Å². The second-order valence-corrected chi connectivity index (χ2v) is 6.78. The first-order chi connectivity index (χ1) is 11.9. The molecule has 3 N–H and O–H groups in total. The predicted molar refractivity (Wildman–Crippen MR) is 97.8 cm³/mol. The van der Waals surface area contributed by atoms with Gasteiger partial charge in [-0.25, -0.2) is 9.89 Å². The number of aromatic amines is 1. The van der Waals surface area contributed by atoms with Crippen LogP contribution in [0.25, 0.3) is 0 Å². The number of nitrogens with zero attached hydrogens (tertiary/aromatic N) is 2. The van der Waals surface area contributed by atoms with Crippen molar-refractivity contribution in [3.8, 4) is 0 Å². The fraction of sp³-hybridized carbons (Fsp3) is 0.375. The second kappa shape index (κ2) is 8.52. The van der Waals surface area contributed by atoms with Gasteiger partial charge >= 0.3 is 5.69 Å². The Balaban J connectivity index is 1.98. The number of hydrogen-bond donors (Lipinski definition) is 3. The van der Waals surface area contributed by atoms with Gasteiger partial charge in [-0.05, 0) is 37.6 Å². The van der Waals surface area contributed by atoms with Crippen LogP contribution in [-0.4, -0.2) is 31.8 Å². The number of carbonyl (C=O) groups excluding carboxylic acids is 2. The van der Waals surface area contributed by atoms with Crippen LogP contribution in [0.4, 0.5) is 11.4 Å². The van der Waals surface area contributed by atoms with Crippen LogP contribution < -0.4 is 16.3 Å². The molecule has 25 heavy (non-hydrogen) atoms. The third-order valence-electron chi connectivity index (χ3n) is 3.29. The van der Waals surface area contributed by atoms with Gasteiger partial charge in [0.15, 0.2) is 5.16 Å². The van der Waals surface area contributed by atoms with Crippen LogP contribution in [0.1, 0.15) is 27.2 Å². The van der Waals surface area contributed by atoms with Crippen molar-refractivity contribution in [1.29, 1.82) is 0 Å². The molecule has 134 valence electrons. The molecule has 8 nitrogen and oxygen atoms in total. The predicted octanol–water partition coefficient (Wildman–Crippen LogP) is 2.06. The molecule has 0 aliphatic carbocycles. The highest BCUT2D eigenvalue weighted by Crippen LogP contribution is 2.22. The molecule has 0 fully saturated rings. The summed E-state index contributed by atoms with van der Waals surface area (Å²) in [6, 6.07) is 6.84. The number of rotatable bonds is 7. The molecule has 0 aliphatic rings. The van der Waals surface area contributed by atoms with Crippen molar-refractivity contribution in [1.82, 2.24) is 14.8 Å². The fourth-order valence-electron chi connectivity index (χ4n) is 2.11. The molecule has 0 spiro atoms. The van der Waals surface area contributed by atoms with Gasteiger partial charge < -0.3 is 10.6 Å². The summed E-state index contributed by atoms with van der Waals surface area (Å²) in [4.78, 5) is 35.0. The van der Waals surface area contributed by atoms with Gasteiger partial charge in [0, 0.05) is 24.8 Å². The number of H-pyrrole nitrogens is 1. The highest BCUT2D eigenvalue weighted by molar-refractivity contribution is 8.00. The molecule has 2 rings (SSSR count). The van der Waals surface area contributed by atoms with Gasteiger partial charge in [-0.2, -0.15) is 0 Å². The normalized spacial score (nSPS) is 11.8. The maximum atomic E-state index is 12.3. The molecular formula is C16H21N5O3S. The number of amides is 2. The van der Waals surface area contributed by atoms with E-state index in [4.69, 9.17) is 0 Å². The third kappa shape index (κ3) is 5.21. The molecule has 0 saturated carbocycles. The molecule has 0 bridgehead atoms. The Bertz CT molecular complexity index is 797. The Hall–Kier alpha value is -2.55. The number of benzene rings is 1. The zero-order valence-corrected chi connectivity index (χ0v) is 15.1. The average molecular weight is 363 g/mol. The van der Waals surface area contributed by atoms with Crippen molar-refractivity contribution in [2.75, 3.05) is 10.6 Å². The minimum absolute atomic E-state index is 0.154. The first kappa shape index (κ1) is 18.8. The molecule has 0 saturated heterocycles. The summed E-state index contributed by atoms with van der Waals surface area (Å²) in [5.41, 5.74) is 1.01. The molecule has 1 aromatic carbocycles. The second-order valence-electron chi connectivity index (χ2n) is 5.47. The molecule has 1 aromatic heterocycles. The van der Waals surface area contributed by atoms with E-state index in [1.54, 1.807) is 31.2 Å². The van der Waals surface area contributed by atoms with Gasteiger partial charge in [-0.1, -0.05) is 18.7 Å². The summed E-state index contributed by atoms with van der Waals surface area (Å²) in [7, 11) is 0. The molecule has 2 aromatic rings. The molecule has 0 radical (unpaired) electrons. The van der Waals surface area contributed by atoms with Crippen LogP contribution in [0, 0.1) is 0 Å². The summed E-state index contributed by atoms with van der Waals surface area (Å²) in [5, 5.41) is 11.9. The summed E-state index contributed by atoms with van der Waals surface area (Å²) in [6.45, 7) is 5.70. The van der Waals surface area contributed by atoms with E-state index in [1.165, 1.54) is 23.3 Å². The highest BCUT2D eigenvalue weighted by atomic mass is 32.2.